The predicted octanol–water partition coefficient (Wildman–Crippen LogP) is 1.20. The number of ether oxygens (including phenoxy) is 1. The van der Waals surface area contributed by atoms with Crippen molar-refractivity contribution >= 4 is 16.9 Å². The van der Waals surface area contributed by atoms with Crippen molar-refractivity contribution in [1.29, 1.82) is 5.26 Å². The molecule has 4 rings (SSSR count). The van der Waals surface area contributed by atoms with Gasteiger partial charge in [0, 0.05) is 36.8 Å². The van der Waals surface area contributed by atoms with Crippen LogP contribution in [0.15, 0.2) is 24.5 Å². The van der Waals surface area contributed by atoms with Crippen LogP contribution in [-0.4, -0.2) is 63.5 Å². The number of methoxy groups -OCH3 is 1. The number of rotatable bonds is 4. The summed E-state index contributed by atoms with van der Waals surface area (Å²) in [6.07, 6.45) is 1.40. The summed E-state index contributed by atoms with van der Waals surface area (Å²) < 4.78 is 5.32. The van der Waals surface area contributed by atoms with Crippen LogP contribution < -0.4 is 10.5 Å². The first-order valence-corrected chi connectivity index (χ1v) is 8.90. The molecular weight excluding hydrogens is 358 g/mol. The van der Waals surface area contributed by atoms with Gasteiger partial charge in [-0.25, -0.2) is 9.97 Å². The number of hydrogen-bond donors (Lipinski definition) is 3. The average molecular weight is 381 g/mol. The van der Waals surface area contributed by atoms with E-state index in [1.165, 1.54) is 6.33 Å². The summed E-state index contributed by atoms with van der Waals surface area (Å²) in [6, 6.07) is 7.78. The molecule has 0 aliphatic carbocycles. The summed E-state index contributed by atoms with van der Waals surface area (Å²) >= 11 is 0. The molecule has 1 fully saturated rings. The summed E-state index contributed by atoms with van der Waals surface area (Å²) in [6.45, 7) is 4.54. The highest BCUT2D eigenvalue weighted by Crippen LogP contribution is 2.35. The highest BCUT2D eigenvalue weighted by atomic mass is 16.5. The molecule has 2 aromatic heterocycles. The number of aromatic amines is 1. The minimum absolute atomic E-state index is 0.184. The van der Waals surface area contributed by atoms with E-state index in [0.717, 1.165) is 35.5 Å². The number of H-pyrrole nitrogens is 1. The molecule has 3 heterocycles. The number of nitrogens with zero attached hydrogens (tertiary/aromatic N) is 5. The molecule has 0 saturated carbocycles. The van der Waals surface area contributed by atoms with Crippen molar-refractivity contribution in [2.24, 2.45) is 0 Å². The normalized spacial score (nSPS) is 14.1. The van der Waals surface area contributed by atoms with Crippen LogP contribution in [0, 0.1) is 18.3 Å². The Morgan fingerprint density at radius 3 is 2.82 bits per heavy atom. The van der Waals surface area contributed by atoms with Gasteiger partial charge in [0.2, 0.25) is 0 Å². The third kappa shape index (κ3) is 3.88. The molecule has 3 aromatic rings. The van der Waals surface area contributed by atoms with E-state index < -0.39 is 0 Å². The molecule has 0 unspecified atom stereocenters. The van der Waals surface area contributed by atoms with Crippen molar-refractivity contribution < 1.29 is 9.84 Å². The molecule has 0 bridgehead atoms. The van der Waals surface area contributed by atoms with Gasteiger partial charge in [0.1, 0.15) is 17.9 Å². The minimum atomic E-state index is 0.184. The zero-order chi connectivity index (χ0) is 20.1. The van der Waals surface area contributed by atoms with Crippen LogP contribution in [0.2, 0.25) is 0 Å². The van der Waals surface area contributed by atoms with Crippen LogP contribution in [0.4, 0.5) is 5.82 Å². The first kappa shape index (κ1) is 19.5. The molecule has 146 valence electrons. The van der Waals surface area contributed by atoms with Crippen LogP contribution in [0.5, 0.6) is 5.75 Å². The lowest BCUT2D eigenvalue weighted by molar-refractivity contribution is 0.114. The third-order valence-electron chi connectivity index (χ3n) is 4.75. The second-order valence-electron chi connectivity index (χ2n) is 6.52. The molecule has 1 saturated heterocycles. The van der Waals surface area contributed by atoms with Crippen LogP contribution in [0.3, 0.4) is 0 Å². The Kier molecular flexibility index (Phi) is 6.03. The number of nitrogens with one attached hydrogen (secondary N) is 1. The van der Waals surface area contributed by atoms with Crippen molar-refractivity contribution in [3.05, 3.63) is 41.3 Å². The zero-order valence-electron chi connectivity index (χ0n) is 15.9. The standard InChI is InChI=1S/C13H16N2O2.C6H7N5/c1-17-12-4-2-3-10(7-14)13(12)11-8-15(9-11)5-6-16;1-3-4-5(7)8-2-9-6(4)11-10-3/h2-4,11,16H,5-6,8-9H2,1H3;2H,1H3,(H3,7,8,9,10,11). The number of aliphatic hydroxyl groups is 1. The van der Waals surface area contributed by atoms with Gasteiger partial charge in [0.05, 0.1) is 30.7 Å². The van der Waals surface area contributed by atoms with E-state index in [1.54, 1.807) is 7.11 Å². The van der Waals surface area contributed by atoms with E-state index in [0.29, 0.717) is 29.5 Å². The zero-order valence-corrected chi connectivity index (χ0v) is 15.9. The van der Waals surface area contributed by atoms with E-state index in [4.69, 9.17) is 20.8 Å². The summed E-state index contributed by atoms with van der Waals surface area (Å²) in [5.41, 5.74) is 8.81. The molecule has 0 atom stereocenters. The van der Waals surface area contributed by atoms with Crippen LogP contribution in [-0.2, 0) is 0 Å². The van der Waals surface area contributed by atoms with E-state index in [1.807, 2.05) is 25.1 Å². The maximum atomic E-state index is 9.12. The number of nitrogen functional groups attached to an aromatic ring is 1. The van der Waals surface area contributed by atoms with Gasteiger partial charge in [0.15, 0.2) is 5.65 Å². The van der Waals surface area contributed by atoms with Gasteiger partial charge < -0.3 is 15.6 Å². The number of nitriles is 1. The molecule has 4 N–H and O–H groups in total. The number of fused-ring (bicyclic) bond motifs is 1. The van der Waals surface area contributed by atoms with Gasteiger partial charge in [-0.2, -0.15) is 10.4 Å². The quantitative estimate of drug-likeness (QED) is 0.613. The van der Waals surface area contributed by atoms with Gasteiger partial charge in [-0.05, 0) is 19.1 Å². The number of aryl methyl sites for hydroxylation is 1. The van der Waals surface area contributed by atoms with Crippen LogP contribution >= 0.6 is 0 Å². The molecule has 0 amide bonds. The number of hydrogen-bond acceptors (Lipinski definition) is 8. The average Bonchev–Trinajstić information content (AvgIpc) is 3.06. The van der Waals surface area contributed by atoms with Crippen LogP contribution in [0.1, 0.15) is 22.7 Å². The van der Waals surface area contributed by atoms with E-state index in [2.05, 4.69) is 31.1 Å². The highest BCUT2D eigenvalue weighted by Gasteiger charge is 2.31. The molecule has 9 nitrogen and oxygen atoms in total. The fourth-order valence-corrected chi connectivity index (χ4v) is 3.34. The fourth-order valence-electron chi connectivity index (χ4n) is 3.34. The molecule has 9 heteroatoms. The molecule has 1 aliphatic heterocycles. The molecule has 0 radical (unpaired) electrons. The molecule has 28 heavy (non-hydrogen) atoms. The topological polar surface area (TPSA) is 137 Å². The number of anilines is 1. The Morgan fingerprint density at radius 2 is 2.18 bits per heavy atom. The van der Waals surface area contributed by atoms with Crippen molar-refractivity contribution in [2.45, 2.75) is 12.8 Å². The molecule has 0 spiro atoms. The maximum absolute atomic E-state index is 9.12. The van der Waals surface area contributed by atoms with Crippen molar-refractivity contribution in [1.82, 2.24) is 25.1 Å². The van der Waals surface area contributed by atoms with E-state index >= 15 is 0 Å². The second kappa shape index (κ2) is 8.65. The maximum Gasteiger partial charge on any atom is 0.186 e. The van der Waals surface area contributed by atoms with E-state index in [9.17, 15) is 0 Å². The minimum Gasteiger partial charge on any atom is -0.496 e. The molecule has 1 aromatic carbocycles. The first-order chi connectivity index (χ1) is 13.6. The Morgan fingerprint density at radius 1 is 1.39 bits per heavy atom. The Bertz CT molecular complexity index is 990. The van der Waals surface area contributed by atoms with Crippen molar-refractivity contribution in [3.63, 3.8) is 0 Å². The Balaban J connectivity index is 0.000000176. The van der Waals surface area contributed by atoms with Crippen molar-refractivity contribution in [2.75, 3.05) is 39.1 Å². The highest BCUT2D eigenvalue weighted by molar-refractivity contribution is 5.87. The smallest absolute Gasteiger partial charge is 0.186 e. The first-order valence-electron chi connectivity index (χ1n) is 8.90. The van der Waals surface area contributed by atoms with Gasteiger partial charge in [-0.3, -0.25) is 10.00 Å². The van der Waals surface area contributed by atoms with Gasteiger partial charge in [-0.1, -0.05) is 6.07 Å². The number of aromatic nitrogens is 4. The summed E-state index contributed by atoms with van der Waals surface area (Å²) in [5.74, 6) is 1.60. The predicted molar refractivity (Wildman–Crippen MR) is 105 cm³/mol. The Hall–Kier alpha value is -3.22. The summed E-state index contributed by atoms with van der Waals surface area (Å²) in [4.78, 5) is 9.94. The van der Waals surface area contributed by atoms with Gasteiger partial charge >= 0.3 is 0 Å². The van der Waals surface area contributed by atoms with E-state index in [-0.39, 0.29) is 6.61 Å². The lowest BCUT2D eigenvalue weighted by Crippen LogP contribution is -2.46. The largest absolute Gasteiger partial charge is 0.496 e. The van der Waals surface area contributed by atoms with Crippen molar-refractivity contribution in [3.8, 4) is 11.8 Å². The number of aliphatic hydroxyl groups excluding tert-OH is 1. The number of β-amino-alcohol motifs (C(OH)–C–C–N with tert-alkyl or cyclic N) is 1. The fraction of sp³-hybridized carbons (Fsp3) is 0.368. The number of likely N-dealkylation sites (tertiary alicyclic amines) is 1. The second-order valence-corrected chi connectivity index (χ2v) is 6.52. The SMILES string of the molecule is COc1cccc(C#N)c1C1CN(CCO)C1.Cc1[nH]nc2ncnc(N)c12. The molecule has 1 aliphatic rings. The van der Waals surface area contributed by atoms with Gasteiger partial charge in [-0.15, -0.1) is 0 Å². The van der Waals surface area contributed by atoms with Gasteiger partial charge in [0.25, 0.3) is 0 Å². The third-order valence-corrected chi connectivity index (χ3v) is 4.75. The summed E-state index contributed by atoms with van der Waals surface area (Å²) in [5, 5.41) is 25.5. The lowest BCUT2D eigenvalue weighted by Gasteiger charge is -2.39. The summed E-state index contributed by atoms with van der Waals surface area (Å²) in [7, 11) is 1.63. The molecular formula is C19H23N7O2. The lowest BCUT2D eigenvalue weighted by atomic mass is 9.87. The number of benzene rings is 1. The Labute approximate surface area is 162 Å². The number of nitrogens with two attached hydrogens (primary N) is 1. The van der Waals surface area contributed by atoms with Crippen LogP contribution in [0.25, 0.3) is 11.0 Å². The monoisotopic (exact) mass is 381 g/mol.